The van der Waals surface area contributed by atoms with E-state index in [0.29, 0.717) is 11.3 Å². The SMILES string of the molecule is COc1ccc(C#N)c(C=CCO)c1. The van der Waals surface area contributed by atoms with E-state index in [1.165, 1.54) is 0 Å². The van der Waals surface area contributed by atoms with E-state index in [2.05, 4.69) is 6.07 Å². The maximum Gasteiger partial charge on any atom is 0.119 e. The molecule has 72 valence electrons. The van der Waals surface area contributed by atoms with Crippen molar-refractivity contribution in [2.75, 3.05) is 13.7 Å². The summed E-state index contributed by atoms with van der Waals surface area (Å²) >= 11 is 0. The summed E-state index contributed by atoms with van der Waals surface area (Å²) in [5.74, 6) is 0.696. The predicted octanol–water partition coefficient (Wildman–Crippen LogP) is 1.57. The molecule has 0 heterocycles. The fourth-order valence-electron chi connectivity index (χ4n) is 1.09. The highest BCUT2D eigenvalue weighted by molar-refractivity contribution is 5.60. The number of hydrogen-bond donors (Lipinski definition) is 1. The lowest BCUT2D eigenvalue weighted by atomic mass is 10.1. The summed E-state index contributed by atoms with van der Waals surface area (Å²) in [5.41, 5.74) is 1.32. The number of rotatable bonds is 3. The molecule has 0 bridgehead atoms. The van der Waals surface area contributed by atoms with Crippen molar-refractivity contribution in [3.8, 4) is 11.8 Å². The summed E-state index contributed by atoms with van der Waals surface area (Å²) in [4.78, 5) is 0. The molecular formula is C11H11NO2. The van der Waals surface area contributed by atoms with E-state index in [4.69, 9.17) is 15.1 Å². The van der Waals surface area contributed by atoms with Gasteiger partial charge in [-0.05, 0) is 23.8 Å². The third-order valence-corrected chi connectivity index (χ3v) is 1.78. The number of nitrogens with zero attached hydrogens (tertiary/aromatic N) is 1. The average molecular weight is 189 g/mol. The van der Waals surface area contributed by atoms with Crippen molar-refractivity contribution < 1.29 is 9.84 Å². The monoisotopic (exact) mass is 189 g/mol. The van der Waals surface area contributed by atoms with Gasteiger partial charge in [0.1, 0.15) is 5.75 Å². The maximum atomic E-state index is 8.79. The van der Waals surface area contributed by atoms with Crippen molar-refractivity contribution in [2.24, 2.45) is 0 Å². The number of hydrogen-bond acceptors (Lipinski definition) is 3. The Bertz CT molecular complexity index is 377. The molecule has 1 rings (SSSR count). The summed E-state index contributed by atoms with van der Waals surface area (Å²) in [6.07, 6.45) is 3.27. The molecule has 3 heteroatoms. The number of ether oxygens (including phenoxy) is 1. The van der Waals surface area contributed by atoms with E-state index in [-0.39, 0.29) is 6.61 Å². The van der Waals surface area contributed by atoms with Crippen molar-refractivity contribution in [1.82, 2.24) is 0 Å². The first-order valence-corrected chi connectivity index (χ1v) is 4.17. The smallest absolute Gasteiger partial charge is 0.119 e. The van der Waals surface area contributed by atoms with Gasteiger partial charge in [-0.25, -0.2) is 0 Å². The van der Waals surface area contributed by atoms with Crippen LogP contribution in [0.4, 0.5) is 0 Å². The van der Waals surface area contributed by atoms with E-state index < -0.39 is 0 Å². The molecule has 0 spiro atoms. The third kappa shape index (κ3) is 2.35. The highest BCUT2D eigenvalue weighted by atomic mass is 16.5. The van der Waals surface area contributed by atoms with E-state index in [0.717, 1.165) is 5.56 Å². The normalized spacial score (nSPS) is 10.1. The Hall–Kier alpha value is -1.79. The molecule has 0 unspecified atom stereocenters. The lowest BCUT2D eigenvalue weighted by Crippen LogP contribution is -1.87. The number of nitriles is 1. The third-order valence-electron chi connectivity index (χ3n) is 1.78. The molecule has 0 aromatic heterocycles. The molecule has 3 nitrogen and oxygen atoms in total. The Labute approximate surface area is 82.9 Å². The van der Waals surface area contributed by atoms with Gasteiger partial charge in [0.05, 0.1) is 25.3 Å². The highest BCUT2D eigenvalue weighted by Gasteiger charge is 1.99. The molecule has 0 aliphatic heterocycles. The van der Waals surface area contributed by atoms with Crippen LogP contribution in [-0.2, 0) is 0 Å². The van der Waals surface area contributed by atoms with Crippen molar-refractivity contribution >= 4 is 6.08 Å². The second kappa shape index (κ2) is 5.05. The molecule has 0 saturated carbocycles. The number of aliphatic hydroxyl groups excluding tert-OH is 1. The Morgan fingerprint density at radius 3 is 2.93 bits per heavy atom. The first-order valence-electron chi connectivity index (χ1n) is 4.17. The van der Waals surface area contributed by atoms with Crippen LogP contribution in [0.1, 0.15) is 11.1 Å². The van der Waals surface area contributed by atoms with E-state index in [1.54, 1.807) is 37.5 Å². The van der Waals surface area contributed by atoms with Crippen LogP contribution in [0, 0.1) is 11.3 Å². The quantitative estimate of drug-likeness (QED) is 0.785. The molecule has 0 fully saturated rings. The molecule has 1 aromatic carbocycles. The number of aliphatic hydroxyl groups is 1. The molecule has 0 radical (unpaired) electrons. The minimum Gasteiger partial charge on any atom is -0.497 e. The highest BCUT2D eigenvalue weighted by Crippen LogP contribution is 2.18. The molecule has 14 heavy (non-hydrogen) atoms. The number of benzene rings is 1. The summed E-state index contributed by atoms with van der Waals surface area (Å²) in [6, 6.07) is 7.24. The van der Waals surface area contributed by atoms with Crippen LogP contribution < -0.4 is 4.74 Å². The van der Waals surface area contributed by atoms with Crippen LogP contribution >= 0.6 is 0 Å². The first kappa shape index (κ1) is 10.3. The van der Waals surface area contributed by atoms with Gasteiger partial charge in [0.25, 0.3) is 0 Å². The summed E-state index contributed by atoms with van der Waals surface area (Å²) < 4.78 is 5.03. The Balaban J connectivity index is 3.10. The summed E-state index contributed by atoms with van der Waals surface area (Å²) in [5, 5.41) is 17.4. The average Bonchev–Trinajstić information content (AvgIpc) is 2.25. The van der Waals surface area contributed by atoms with Crippen molar-refractivity contribution in [1.29, 1.82) is 5.26 Å². The van der Waals surface area contributed by atoms with Gasteiger partial charge in [-0.15, -0.1) is 0 Å². The van der Waals surface area contributed by atoms with Crippen LogP contribution in [0.25, 0.3) is 6.08 Å². The lowest BCUT2D eigenvalue weighted by molar-refractivity contribution is 0.343. The fraction of sp³-hybridized carbons (Fsp3) is 0.182. The van der Waals surface area contributed by atoms with Crippen LogP contribution in [0.15, 0.2) is 24.3 Å². The van der Waals surface area contributed by atoms with Gasteiger partial charge in [0, 0.05) is 0 Å². The number of methoxy groups -OCH3 is 1. The molecule has 0 aliphatic carbocycles. The van der Waals surface area contributed by atoms with Crippen LogP contribution in [0.2, 0.25) is 0 Å². The van der Waals surface area contributed by atoms with E-state index >= 15 is 0 Å². The topological polar surface area (TPSA) is 53.2 Å². The molecule has 0 amide bonds. The van der Waals surface area contributed by atoms with E-state index in [1.807, 2.05) is 0 Å². The predicted molar refractivity (Wildman–Crippen MR) is 53.8 cm³/mol. The van der Waals surface area contributed by atoms with Crippen LogP contribution in [-0.4, -0.2) is 18.8 Å². The molecule has 1 aromatic rings. The molecular weight excluding hydrogens is 178 g/mol. The van der Waals surface area contributed by atoms with Gasteiger partial charge in [-0.2, -0.15) is 5.26 Å². The maximum absolute atomic E-state index is 8.79. The van der Waals surface area contributed by atoms with Crippen LogP contribution in [0.3, 0.4) is 0 Å². The molecule has 0 saturated heterocycles. The zero-order chi connectivity index (χ0) is 10.4. The molecule has 0 aliphatic rings. The van der Waals surface area contributed by atoms with Gasteiger partial charge in [0.15, 0.2) is 0 Å². The second-order valence-corrected chi connectivity index (χ2v) is 2.65. The van der Waals surface area contributed by atoms with Gasteiger partial charge < -0.3 is 9.84 Å². The summed E-state index contributed by atoms with van der Waals surface area (Å²) in [7, 11) is 1.57. The van der Waals surface area contributed by atoms with Crippen molar-refractivity contribution in [2.45, 2.75) is 0 Å². The molecule has 1 N–H and O–H groups in total. The second-order valence-electron chi connectivity index (χ2n) is 2.65. The van der Waals surface area contributed by atoms with Gasteiger partial charge in [0.2, 0.25) is 0 Å². The van der Waals surface area contributed by atoms with Crippen LogP contribution in [0.5, 0.6) is 5.75 Å². The zero-order valence-corrected chi connectivity index (χ0v) is 7.90. The Kier molecular flexibility index (Phi) is 3.71. The Morgan fingerprint density at radius 1 is 1.57 bits per heavy atom. The van der Waals surface area contributed by atoms with Gasteiger partial charge in [-0.1, -0.05) is 12.2 Å². The first-order chi connectivity index (χ1) is 6.81. The fourth-order valence-corrected chi connectivity index (χ4v) is 1.09. The van der Waals surface area contributed by atoms with Gasteiger partial charge >= 0.3 is 0 Å². The molecule has 0 atom stereocenters. The van der Waals surface area contributed by atoms with Crippen molar-refractivity contribution in [3.63, 3.8) is 0 Å². The standard InChI is InChI=1S/C11H11NO2/c1-14-11-5-4-10(8-12)9(7-11)3-2-6-13/h2-5,7,13H,6H2,1H3. The summed E-state index contributed by atoms with van der Waals surface area (Å²) in [6.45, 7) is -0.0396. The zero-order valence-electron chi connectivity index (χ0n) is 7.90. The minimum absolute atomic E-state index is 0.0396. The lowest BCUT2D eigenvalue weighted by Gasteiger charge is -2.02. The Morgan fingerprint density at radius 2 is 2.36 bits per heavy atom. The van der Waals surface area contributed by atoms with Crippen molar-refractivity contribution in [3.05, 3.63) is 35.4 Å². The van der Waals surface area contributed by atoms with E-state index in [9.17, 15) is 0 Å². The largest absolute Gasteiger partial charge is 0.497 e. The minimum atomic E-state index is -0.0396. The van der Waals surface area contributed by atoms with Gasteiger partial charge in [-0.3, -0.25) is 0 Å².